The van der Waals surface area contributed by atoms with Gasteiger partial charge in [0.05, 0.1) is 7.11 Å². The van der Waals surface area contributed by atoms with E-state index < -0.39 is 5.97 Å². The van der Waals surface area contributed by atoms with Gasteiger partial charge in [-0.25, -0.2) is 9.78 Å². The molecule has 0 saturated carbocycles. The lowest BCUT2D eigenvalue weighted by atomic mass is 10.5. The molecular weight excluding hydrogens is 216 g/mol. The second-order valence-electron chi connectivity index (χ2n) is 2.64. The number of nitrogens with zero attached hydrogens (tertiary/aromatic N) is 1. The molecule has 0 bridgehead atoms. The van der Waals surface area contributed by atoms with E-state index in [0.29, 0.717) is 10.9 Å². The number of H-pyrrole nitrogens is 1. The van der Waals surface area contributed by atoms with E-state index in [2.05, 4.69) is 14.7 Å². The highest BCUT2D eigenvalue weighted by Crippen LogP contribution is 2.12. The largest absolute Gasteiger partial charge is 0.466 e. The van der Waals surface area contributed by atoms with Crippen molar-refractivity contribution < 1.29 is 9.53 Å². The fourth-order valence-corrected chi connectivity index (χ4v) is 1.49. The molecule has 1 aromatic heterocycles. The Morgan fingerprint density at radius 2 is 2.40 bits per heavy atom. The smallest absolute Gasteiger partial charge is 0.330 e. The standard InChI is InChI=1S/C9H10N2O3S/c1-6-5-7(12)11-9(10-6)15-4-3-8(13)14-2/h3-5H,1-2H3,(H,10,11,12). The zero-order valence-corrected chi connectivity index (χ0v) is 9.13. The molecule has 0 unspecified atom stereocenters. The number of aromatic nitrogens is 2. The zero-order chi connectivity index (χ0) is 11.3. The van der Waals surface area contributed by atoms with Gasteiger partial charge in [0.25, 0.3) is 5.56 Å². The Labute approximate surface area is 90.6 Å². The van der Waals surface area contributed by atoms with Crippen LogP contribution in [0.2, 0.25) is 0 Å². The molecule has 1 rings (SSSR count). The molecule has 0 aliphatic carbocycles. The Balaban J connectivity index is 2.69. The van der Waals surface area contributed by atoms with Gasteiger partial charge in [-0.1, -0.05) is 11.8 Å². The average Bonchev–Trinajstić information content (AvgIpc) is 2.16. The van der Waals surface area contributed by atoms with Gasteiger partial charge in [-0.15, -0.1) is 0 Å². The van der Waals surface area contributed by atoms with Crippen molar-refractivity contribution in [3.63, 3.8) is 0 Å². The van der Waals surface area contributed by atoms with Crippen LogP contribution in [0.25, 0.3) is 0 Å². The molecule has 0 aliphatic heterocycles. The number of aromatic amines is 1. The minimum Gasteiger partial charge on any atom is -0.466 e. The van der Waals surface area contributed by atoms with E-state index in [-0.39, 0.29) is 5.56 Å². The minimum absolute atomic E-state index is 0.212. The number of carbonyl (C=O) groups is 1. The van der Waals surface area contributed by atoms with Crippen LogP contribution in [0.4, 0.5) is 0 Å². The van der Waals surface area contributed by atoms with Crippen LogP contribution in [0.5, 0.6) is 0 Å². The molecule has 0 aromatic carbocycles. The highest BCUT2D eigenvalue weighted by atomic mass is 32.2. The molecule has 0 fully saturated rings. The maximum absolute atomic E-state index is 11.0. The number of methoxy groups -OCH3 is 1. The van der Waals surface area contributed by atoms with E-state index >= 15 is 0 Å². The first-order chi connectivity index (χ1) is 7.11. The van der Waals surface area contributed by atoms with Gasteiger partial charge in [-0.2, -0.15) is 0 Å². The summed E-state index contributed by atoms with van der Waals surface area (Å²) in [6.45, 7) is 1.73. The summed E-state index contributed by atoms with van der Waals surface area (Å²) in [6, 6.07) is 1.40. The first kappa shape index (κ1) is 11.5. The molecule has 1 heterocycles. The van der Waals surface area contributed by atoms with Gasteiger partial charge < -0.3 is 9.72 Å². The van der Waals surface area contributed by atoms with E-state index in [0.717, 1.165) is 11.8 Å². The second kappa shape index (κ2) is 5.35. The monoisotopic (exact) mass is 226 g/mol. The van der Waals surface area contributed by atoms with Crippen molar-refractivity contribution in [1.29, 1.82) is 0 Å². The van der Waals surface area contributed by atoms with Gasteiger partial charge in [0, 0.05) is 17.8 Å². The highest BCUT2D eigenvalue weighted by molar-refractivity contribution is 8.02. The van der Waals surface area contributed by atoms with Crippen molar-refractivity contribution in [3.05, 3.63) is 33.6 Å². The molecule has 5 nitrogen and oxygen atoms in total. The van der Waals surface area contributed by atoms with Crippen LogP contribution >= 0.6 is 11.8 Å². The number of rotatable bonds is 3. The van der Waals surface area contributed by atoms with Crippen LogP contribution in [-0.2, 0) is 9.53 Å². The maximum atomic E-state index is 11.0. The number of nitrogens with one attached hydrogen (secondary N) is 1. The van der Waals surface area contributed by atoms with Crippen LogP contribution in [0, 0.1) is 6.92 Å². The van der Waals surface area contributed by atoms with Gasteiger partial charge in [0.15, 0.2) is 5.16 Å². The third kappa shape index (κ3) is 3.99. The first-order valence-corrected chi connectivity index (χ1v) is 4.99. The lowest BCUT2D eigenvalue weighted by molar-refractivity contribution is -0.134. The third-order valence-electron chi connectivity index (χ3n) is 1.43. The Kier molecular flexibility index (Phi) is 4.11. The SMILES string of the molecule is COC(=O)C=CSc1nc(C)cc(=O)[nH]1. The van der Waals surface area contributed by atoms with E-state index in [4.69, 9.17) is 0 Å². The summed E-state index contributed by atoms with van der Waals surface area (Å²) < 4.78 is 4.40. The fourth-order valence-electron chi connectivity index (χ4n) is 0.829. The van der Waals surface area contributed by atoms with Gasteiger partial charge in [0.1, 0.15) is 0 Å². The third-order valence-corrected chi connectivity index (χ3v) is 2.12. The number of ether oxygens (including phenoxy) is 1. The Morgan fingerprint density at radius 3 is 3.00 bits per heavy atom. The number of hydrogen-bond acceptors (Lipinski definition) is 5. The van der Waals surface area contributed by atoms with Crippen LogP contribution in [-0.4, -0.2) is 23.0 Å². The molecule has 6 heteroatoms. The Bertz CT molecular complexity index is 439. The first-order valence-electron chi connectivity index (χ1n) is 4.11. The second-order valence-corrected chi connectivity index (χ2v) is 3.53. The number of hydrogen-bond donors (Lipinski definition) is 1. The average molecular weight is 226 g/mol. The summed E-state index contributed by atoms with van der Waals surface area (Å²) >= 11 is 1.14. The molecule has 0 amide bonds. The number of esters is 1. The van der Waals surface area contributed by atoms with E-state index in [1.54, 1.807) is 6.92 Å². The number of thioether (sulfide) groups is 1. The van der Waals surface area contributed by atoms with Crippen LogP contribution in [0.15, 0.2) is 27.5 Å². The topological polar surface area (TPSA) is 72.0 Å². The van der Waals surface area contributed by atoms with E-state index in [9.17, 15) is 9.59 Å². The highest BCUT2D eigenvalue weighted by Gasteiger charge is 1.97. The molecule has 0 atom stereocenters. The summed E-state index contributed by atoms with van der Waals surface area (Å²) in [4.78, 5) is 28.4. The predicted molar refractivity (Wildman–Crippen MR) is 56.6 cm³/mol. The lowest BCUT2D eigenvalue weighted by Crippen LogP contribution is -2.07. The van der Waals surface area contributed by atoms with E-state index in [1.807, 2.05) is 0 Å². The van der Waals surface area contributed by atoms with Crippen LogP contribution in [0.3, 0.4) is 0 Å². The van der Waals surface area contributed by atoms with Crippen molar-refractivity contribution in [1.82, 2.24) is 9.97 Å². The molecule has 0 saturated heterocycles. The summed E-state index contributed by atoms with van der Waals surface area (Å²) in [5, 5.41) is 1.95. The van der Waals surface area contributed by atoms with Crippen molar-refractivity contribution >= 4 is 17.7 Å². The minimum atomic E-state index is -0.447. The Morgan fingerprint density at radius 1 is 1.67 bits per heavy atom. The summed E-state index contributed by atoms with van der Waals surface area (Å²) in [5.41, 5.74) is 0.421. The Hall–Kier alpha value is -1.56. The molecule has 0 radical (unpaired) electrons. The molecule has 80 valence electrons. The van der Waals surface area contributed by atoms with E-state index in [1.165, 1.54) is 24.7 Å². The molecule has 0 spiro atoms. The van der Waals surface area contributed by atoms with Crippen LogP contribution in [0.1, 0.15) is 5.69 Å². The summed E-state index contributed by atoms with van der Waals surface area (Å²) in [5.74, 6) is -0.447. The number of carbonyl (C=O) groups excluding carboxylic acids is 1. The summed E-state index contributed by atoms with van der Waals surface area (Å²) in [7, 11) is 1.30. The molecular formula is C9H10N2O3S. The van der Waals surface area contributed by atoms with Gasteiger partial charge in [0.2, 0.25) is 0 Å². The zero-order valence-electron chi connectivity index (χ0n) is 8.31. The molecule has 1 N–H and O–H groups in total. The number of aryl methyl sites for hydroxylation is 1. The van der Waals surface area contributed by atoms with Crippen LogP contribution < -0.4 is 5.56 Å². The normalized spacial score (nSPS) is 10.5. The van der Waals surface area contributed by atoms with Gasteiger partial charge >= 0.3 is 5.97 Å². The predicted octanol–water partition coefficient (Wildman–Crippen LogP) is 0.857. The molecule has 15 heavy (non-hydrogen) atoms. The van der Waals surface area contributed by atoms with Crippen molar-refractivity contribution in [2.45, 2.75) is 12.1 Å². The van der Waals surface area contributed by atoms with Gasteiger partial charge in [-0.05, 0) is 12.3 Å². The van der Waals surface area contributed by atoms with Crippen molar-refractivity contribution in [3.8, 4) is 0 Å². The maximum Gasteiger partial charge on any atom is 0.330 e. The molecule has 1 aromatic rings. The quantitative estimate of drug-likeness (QED) is 0.358. The molecule has 0 aliphatic rings. The van der Waals surface area contributed by atoms with Crippen molar-refractivity contribution in [2.24, 2.45) is 0 Å². The lowest BCUT2D eigenvalue weighted by Gasteiger charge is -1.96. The van der Waals surface area contributed by atoms with Crippen molar-refractivity contribution in [2.75, 3.05) is 7.11 Å². The van der Waals surface area contributed by atoms with Gasteiger partial charge in [-0.3, -0.25) is 4.79 Å². The fraction of sp³-hybridized carbons (Fsp3) is 0.222. The summed E-state index contributed by atoms with van der Waals surface area (Å²) in [6.07, 6.45) is 1.26.